The minimum absolute atomic E-state index is 0.119. The molecule has 1 aliphatic rings. The van der Waals surface area contributed by atoms with Gasteiger partial charge in [0.05, 0.1) is 0 Å². The molecule has 0 bridgehead atoms. The predicted octanol–water partition coefficient (Wildman–Crippen LogP) is 3.99. The molecule has 0 atom stereocenters. The van der Waals surface area contributed by atoms with E-state index >= 15 is 0 Å². The highest BCUT2D eigenvalue weighted by Crippen LogP contribution is 2.30. The second kappa shape index (κ2) is 9.40. The molecule has 2 N–H and O–H groups in total. The molecule has 32 heavy (non-hydrogen) atoms. The van der Waals surface area contributed by atoms with E-state index in [0.717, 1.165) is 29.5 Å². The van der Waals surface area contributed by atoms with Crippen molar-refractivity contribution < 1.29 is 14.3 Å². The zero-order valence-corrected chi connectivity index (χ0v) is 20.4. The van der Waals surface area contributed by atoms with Crippen molar-refractivity contribution in [3.05, 3.63) is 29.2 Å². The summed E-state index contributed by atoms with van der Waals surface area (Å²) in [5.74, 6) is 1.54. The molecule has 1 aliphatic heterocycles. The molecule has 1 saturated heterocycles. The van der Waals surface area contributed by atoms with Crippen molar-refractivity contribution in [1.82, 2.24) is 25.2 Å². The monoisotopic (exact) mass is 460 g/mol. The number of aryl methyl sites for hydroxylation is 1. The lowest BCUT2D eigenvalue weighted by molar-refractivity contribution is -0.138. The van der Waals surface area contributed by atoms with Gasteiger partial charge in [-0.25, -0.2) is 19.7 Å². The molecule has 0 saturated carbocycles. The topological polar surface area (TPSA) is 109 Å². The third-order valence-corrected chi connectivity index (χ3v) is 5.76. The molecule has 0 spiro atoms. The van der Waals surface area contributed by atoms with Crippen LogP contribution in [0.5, 0.6) is 0 Å². The van der Waals surface area contributed by atoms with Gasteiger partial charge in [0.15, 0.2) is 5.13 Å². The van der Waals surface area contributed by atoms with E-state index in [4.69, 9.17) is 4.74 Å². The summed E-state index contributed by atoms with van der Waals surface area (Å²) < 4.78 is 5.30. The number of carbonyl (C=O) groups excluding carboxylic acids is 2. The van der Waals surface area contributed by atoms with Gasteiger partial charge >= 0.3 is 6.09 Å². The van der Waals surface area contributed by atoms with Crippen LogP contribution in [-0.4, -0.2) is 56.1 Å². The summed E-state index contributed by atoms with van der Waals surface area (Å²) in [7, 11) is 0. The summed E-state index contributed by atoms with van der Waals surface area (Å²) in [5, 5.41) is 8.62. The Morgan fingerprint density at radius 3 is 2.44 bits per heavy atom. The van der Waals surface area contributed by atoms with Gasteiger partial charge in [-0.05, 0) is 54.4 Å². The van der Waals surface area contributed by atoms with Crippen molar-refractivity contribution in [2.75, 3.05) is 18.4 Å². The molecule has 1 fully saturated rings. The Hall–Kier alpha value is -2.75. The van der Waals surface area contributed by atoms with E-state index in [1.54, 1.807) is 45.7 Å². The van der Waals surface area contributed by atoms with Crippen LogP contribution in [0.25, 0.3) is 0 Å². The average Bonchev–Trinajstić information content (AvgIpc) is 3.18. The van der Waals surface area contributed by atoms with E-state index in [9.17, 15) is 9.59 Å². The van der Waals surface area contributed by atoms with Crippen LogP contribution in [-0.2, 0) is 9.53 Å². The van der Waals surface area contributed by atoms with Crippen LogP contribution in [0.1, 0.15) is 64.9 Å². The maximum absolute atomic E-state index is 13.1. The molecular formula is C22H32N6O3S. The van der Waals surface area contributed by atoms with Gasteiger partial charge in [0.25, 0.3) is 0 Å². The molecular weight excluding hydrogens is 428 g/mol. The van der Waals surface area contributed by atoms with Gasteiger partial charge in [-0.15, -0.1) is 11.3 Å². The predicted molar refractivity (Wildman–Crippen MR) is 124 cm³/mol. The fourth-order valence-electron chi connectivity index (χ4n) is 3.64. The van der Waals surface area contributed by atoms with Gasteiger partial charge in [0.1, 0.15) is 22.8 Å². The molecule has 0 aliphatic carbocycles. The van der Waals surface area contributed by atoms with Gasteiger partial charge in [0, 0.05) is 42.3 Å². The first kappa shape index (κ1) is 23.9. The number of anilines is 2. The molecule has 2 aromatic heterocycles. The number of rotatable bonds is 5. The Labute approximate surface area is 193 Å². The highest BCUT2D eigenvalue weighted by molar-refractivity contribution is 7.13. The van der Waals surface area contributed by atoms with Gasteiger partial charge in [-0.1, -0.05) is 0 Å². The minimum Gasteiger partial charge on any atom is -0.444 e. The van der Waals surface area contributed by atoms with Crippen LogP contribution in [0.2, 0.25) is 0 Å². The summed E-state index contributed by atoms with van der Waals surface area (Å²) in [4.78, 5) is 40.3. The van der Waals surface area contributed by atoms with E-state index in [1.165, 1.54) is 11.3 Å². The van der Waals surface area contributed by atoms with Crippen LogP contribution >= 0.6 is 11.3 Å². The van der Waals surface area contributed by atoms with Crippen molar-refractivity contribution in [2.45, 2.75) is 71.4 Å². The first-order chi connectivity index (χ1) is 14.9. The number of thiazole rings is 1. The molecule has 174 valence electrons. The minimum atomic E-state index is -1.05. The number of nitrogens with one attached hydrogen (secondary N) is 2. The van der Waals surface area contributed by atoms with Gasteiger partial charge in [0.2, 0.25) is 5.91 Å². The number of aromatic nitrogens is 3. The largest absolute Gasteiger partial charge is 0.444 e. The zero-order chi connectivity index (χ0) is 23.5. The Morgan fingerprint density at radius 2 is 1.84 bits per heavy atom. The number of likely N-dealkylation sites (tertiary alicyclic amines) is 1. The number of nitrogens with zero attached hydrogens (tertiary/aromatic N) is 4. The maximum Gasteiger partial charge on any atom is 0.408 e. The fraction of sp³-hybridized carbons (Fsp3) is 0.591. The number of hydrogen-bond acceptors (Lipinski definition) is 8. The first-order valence-corrected chi connectivity index (χ1v) is 11.6. The van der Waals surface area contributed by atoms with Crippen LogP contribution < -0.4 is 10.6 Å². The summed E-state index contributed by atoms with van der Waals surface area (Å²) >= 11 is 1.51. The quantitative estimate of drug-likeness (QED) is 0.694. The number of alkyl carbamates (subject to hydrolysis) is 1. The molecule has 10 heteroatoms. The average molecular weight is 461 g/mol. The zero-order valence-electron chi connectivity index (χ0n) is 19.6. The standard InChI is InChI=1S/C22H32N6O3S/c1-14-24-16(13-17(25-14)26-19-23-9-12-32-19)15-7-10-28(11-8-15)18(29)22(5,6)27-20(30)31-21(2,3)4/h9,12-13,15H,7-8,10-11H2,1-6H3,(H,27,30)(H,23,24,25,26). The molecule has 0 radical (unpaired) electrons. The normalized spacial score (nSPS) is 15.4. The number of amides is 2. The number of piperidine rings is 1. The lowest BCUT2D eigenvalue weighted by Gasteiger charge is -2.37. The van der Waals surface area contributed by atoms with Gasteiger partial charge in [-0.2, -0.15) is 0 Å². The van der Waals surface area contributed by atoms with E-state index in [0.29, 0.717) is 18.9 Å². The van der Waals surface area contributed by atoms with Crippen LogP contribution in [0, 0.1) is 6.92 Å². The highest BCUT2D eigenvalue weighted by atomic mass is 32.1. The maximum atomic E-state index is 13.1. The summed E-state index contributed by atoms with van der Waals surface area (Å²) in [6, 6.07) is 1.96. The van der Waals surface area contributed by atoms with Crippen molar-refractivity contribution in [2.24, 2.45) is 0 Å². The molecule has 2 aromatic rings. The number of ether oxygens (including phenoxy) is 1. The van der Waals surface area contributed by atoms with E-state index in [-0.39, 0.29) is 11.8 Å². The molecule has 0 unspecified atom stereocenters. The second-order valence-corrected chi connectivity index (χ2v) is 10.4. The molecule has 3 heterocycles. The number of hydrogen-bond donors (Lipinski definition) is 2. The summed E-state index contributed by atoms with van der Waals surface area (Å²) in [6.45, 7) is 11.9. The Balaban J connectivity index is 1.60. The summed E-state index contributed by atoms with van der Waals surface area (Å²) in [5.41, 5.74) is -0.703. The Bertz CT molecular complexity index is 947. The lowest BCUT2D eigenvalue weighted by atomic mass is 9.91. The van der Waals surface area contributed by atoms with Gasteiger partial charge in [-0.3, -0.25) is 4.79 Å². The van der Waals surface area contributed by atoms with Crippen molar-refractivity contribution in [1.29, 1.82) is 0 Å². The van der Waals surface area contributed by atoms with Crippen molar-refractivity contribution in [3.8, 4) is 0 Å². The first-order valence-electron chi connectivity index (χ1n) is 10.8. The number of carbonyl (C=O) groups is 2. The third-order valence-electron chi connectivity index (χ3n) is 5.07. The molecule has 9 nitrogen and oxygen atoms in total. The Morgan fingerprint density at radius 1 is 1.16 bits per heavy atom. The third kappa shape index (κ3) is 6.38. The smallest absolute Gasteiger partial charge is 0.408 e. The van der Waals surface area contributed by atoms with Crippen molar-refractivity contribution >= 4 is 34.3 Å². The van der Waals surface area contributed by atoms with Crippen LogP contribution in [0.4, 0.5) is 15.7 Å². The van der Waals surface area contributed by atoms with Gasteiger partial charge < -0.3 is 20.3 Å². The van der Waals surface area contributed by atoms with E-state index < -0.39 is 17.2 Å². The fourth-order valence-corrected chi connectivity index (χ4v) is 4.18. The lowest BCUT2D eigenvalue weighted by Crippen LogP contribution is -2.57. The Kier molecular flexibility index (Phi) is 7.02. The summed E-state index contributed by atoms with van der Waals surface area (Å²) in [6.07, 6.45) is 2.74. The van der Waals surface area contributed by atoms with E-state index in [2.05, 4.69) is 25.6 Å². The van der Waals surface area contributed by atoms with Crippen LogP contribution in [0.3, 0.4) is 0 Å². The second-order valence-electron chi connectivity index (χ2n) is 9.51. The molecule has 2 amide bonds. The van der Waals surface area contributed by atoms with E-state index in [1.807, 2.05) is 18.4 Å². The van der Waals surface area contributed by atoms with Crippen LogP contribution in [0.15, 0.2) is 17.6 Å². The molecule has 3 rings (SSSR count). The molecule has 0 aromatic carbocycles. The highest BCUT2D eigenvalue weighted by Gasteiger charge is 2.37. The SMILES string of the molecule is Cc1nc(Nc2nccs2)cc(C2CCN(C(=O)C(C)(C)NC(=O)OC(C)(C)C)CC2)n1. The van der Waals surface area contributed by atoms with Crippen molar-refractivity contribution in [3.63, 3.8) is 0 Å².